The summed E-state index contributed by atoms with van der Waals surface area (Å²) in [5, 5.41) is 77.9. The smallest absolute Gasteiger partial charge is 0.471 e. The van der Waals surface area contributed by atoms with Gasteiger partial charge in [-0.3, -0.25) is 87.3 Å². The minimum absolute atomic E-state index is 0.182. The maximum absolute atomic E-state index is 13.1. The highest BCUT2D eigenvalue weighted by atomic mass is 32.1. The SMILES string of the molecule is CCOC1CC(n2cc(NC(=O)c3csc(-c4cnn(COP(=O)(O)O)c4)n3)c(-c3ccccn3)n2)C1.CCOCCn1cc(NC(=O)c2csc(-c3cn[nH]c3)n2)c(-c2ccccn2)n1.CCOCCn1cc(NC(=O)c2csc(-c3cn[nH]c3C)n2)c(-c2ccccn2)n1.CCOCCn1cc(NC(=O)c2csc(-c3cn[nH]c3C)n2)c(-c2ccccn2)n1.O=CO.O=CO. The van der Waals surface area contributed by atoms with Crippen molar-refractivity contribution in [3.63, 3.8) is 0 Å². The van der Waals surface area contributed by atoms with Crippen LogP contribution in [0.5, 0.6) is 0 Å². The molecule has 0 unspecified atom stereocenters. The topological polar surface area (TPSA) is 573 Å². The Morgan fingerprint density at radius 3 is 1.19 bits per heavy atom. The standard InChI is InChI=1S/C22H24N7O6PS.2C20H21N7O2S.C19H19N7O2S.2CH2O2/c1-2-34-16-7-15(8-16)29-11-18(20(27-29)17-5-3-4-6-23-17)25-21(30)19-12-37-22(26-19)14-9-24-28(10-14)13-35-36(31,32)33;2*1-3-29-9-8-27-11-16(18(26-27)15-6-4-5-7-21-15)23-19(28)17-12-30-20(24-17)14-10-22-25-13(14)2;1-2-28-8-7-26-11-15(17(25-26)14-5-3-4-6-20-14)23-18(27)16-12-29-19(24-16)13-9-21-22-10-13;2*2-1-3/h3-6,9-12,15-16H,2,7-8,13H2,1H3,(H,25,30)(H2,31,32,33);2*4-7,10-12H,3,8-9H2,1-2H3,(H,22,25)(H,23,28);3-6,9-12H,2,7-8H2,1H3,(H,21,22)(H,23,27);2*1H,(H,2,3). The maximum atomic E-state index is 13.1. The minimum Gasteiger partial charge on any atom is -0.483 e. The van der Waals surface area contributed by atoms with Crippen LogP contribution in [0.15, 0.2) is 181 Å². The lowest BCUT2D eigenvalue weighted by molar-refractivity contribution is -0.123. The van der Waals surface area contributed by atoms with Gasteiger partial charge in [0.05, 0.1) is 133 Å². The van der Waals surface area contributed by atoms with E-state index >= 15 is 0 Å². The zero-order chi connectivity index (χ0) is 93.3. The van der Waals surface area contributed by atoms with E-state index in [4.69, 9.17) is 53.6 Å². The Hall–Kier alpha value is -14.4. The van der Waals surface area contributed by atoms with Crippen molar-refractivity contribution in [1.29, 1.82) is 0 Å². The molecule has 11 N–H and O–H groups in total. The summed E-state index contributed by atoms with van der Waals surface area (Å²) in [6.45, 7) is 16.6. The molecule has 17 rings (SSSR count). The van der Waals surface area contributed by atoms with E-state index in [2.05, 4.69) is 117 Å². The number of H-pyrrole nitrogens is 3. The van der Waals surface area contributed by atoms with E-state index in [-0.39, 0.29) is 48.5 Å². The number of thiazole rings is 4. The molecule has 686 valence electrons. The first-order valence-corrected chi connectivity index (χ1v) is 45.5. The van der Waals surface area contributed by atoms with E-state index in [9.17, 15) is 23.7 Å². The van der Waals surface area contributed by atoms with E-state index < -0.39 is 20.5 Å². The Morgan fingerprint density at radius 2 is 0.848 bits per heavy atom. The number of ether oxygens (including phenoxy) is 4. The van der Waals surface area contributed by atoms with Crippen LogP contribution < -0.4 is 21.3 Å². The molecule has 0 atom stereocenters. The molecule has 16 heterocycles. The number of rotatable bonds is 34. The number of aromatic nitrogens is 24. The molecule has 0 aliphatic heterocycles. The highest BCUT2D eigenvalue weighted by Gasteiger charge is 2.34. The molecule has 0 bridgehead atoms. The fourth-order valence-corrected chi connectivity index (χ4v) is 15.9. The molecule has 1 saturated carbocycles. The number of phosphoric acid groups is 1. The summed E-state index contributed by atoms with van der Waals surface area (Å²) in [5.74, 6) is -1.32. The zero-order valence-electron chi connectivity index (χ0n) is 71.5. The van der Waals surface area contributed by atoms with Gasteiger partial charge in [0.1, 0.15) is 65.6 Å². The highest BCUT2D eigenvalue weighted by molar-refractivity contribution is 7.46. The summed E-state index contributed by atoms with van der Waals surface area (Å²) in [4.78, 5) is 121. The van der Waals surface area contributed by atoms with Crippen molar-refractivity contribution in [2.45, 2.75) is 92.9 Å². The second kappa shape index (κ2) is 48.3. The molecule has 1 fully saturated rings. The van der Waals surface area contributed by atoms with Crippen LogP contribution >= 0.6 is 53.2 Å². The number of nitrogens with one attached hydrogen (secondary N) is 7. The number of amides is 4. The molecular weight excluding hydrogens is 1800 g/mol. The predicted molar refractivity (Wildman–Crippen MR) is 489 cm³/mol. The molecule has 0 saturated heterocycles. The van der Waals surface area contributed by atoms with Crippen LogP contribution in [-0.2, 0) is 64.0 Å². The van der Waals surface area contributed by atoms with Crippen molar-refractivity contribution in [1.82, 2.24) is 119 Å². The second-order valence-corrected chi connectivity index (χ2v) is 32.2. The van der Waals surface area contributed by atoms with Gasteiger partial charge in [-0.2, -0.15) is 40.8 Å². The van der Waals surface area contributed by atoms with Crippen LogP contribution in [0, 0.1) is 13.8 Å². The van der Waals surface area contributed by atoms with Crippen LogP contribution in [-0.4, -0.2) is 228 Å². The first-order valence-electron chi connectivity index (χ1n) is 40.4. The molecule has 0 spiro atoms. The molecular formula is C83H89N28O16PS4. The Bertz CT molecular complexity index is 6210. The number of carbonyl (C=O) groups excluding carboxylic acids is 4. The molecule has 132 heavy (non-hydrogen) atoms. The summed E-state index contributed by atoms with van der Waals surface area (Å²) < 4.78 is 45.5. The van der Waals surface area contributed by atoms with E-state index in [0.717, 1.165) is 55.9 Å². The van der Waals surface area contributed by atoms with Gasteiger partial charge in [-0.15, -0.1) is 45.3 Å². The Balaban J connectivity index is 0.000000156. The van der Waals surface area contributed by atoms with Crippen LogP contribution in [0.2, 0.25) is 0 Å². The third kappa shape index (κ3) is 26.9. The monoisotopic (exact) mass is 1890 g/mol. The number of carbonyl (C=O) groups is 6. The third-order valence-electron chi connectivity index (χ3n) is 18.5. The van der Waals surface area contributed by atoms with Crippen molar-refractivity contribution in [3.05, 3.63) is 215 Å². The first kappa shape index (κ1) is 96.6. The highest BCUT2D eigenvalue weighted by Crippen LogP contribution is 2.40. The van der Waals surface area contributed by atoms with Gasteiger partial charge in [-0.05, 0) is 103 Å². The number of aromatic amines is 3. The summed E-state index contributed by atoms with van der Waals surface area (Å²) in [6.07, 6.45) is 25.7. The fourth-order valence-electron chi connectivity index (χ4n) is 12.3. The molecule has 49 heteroatoms. The van der Waals surface area contributed by atoms with Crippen molar-refractivity contribution in [3.8, 4) is 87.8 Å². The zero-order valence-corrected chi connectivity index (χ0v) is 75.6. The predicted octanol–water partition coefficient (Wildman–Crippen LogP) is 12.6. The quantitative estimate of drug-likeness (QED) is 0.0101. The van der Waals surface area contributed by atoms with Crippen molar-refractivity contribution in [2.24, 2.45) is 0 Å². The first-order chi connectivity index (χ1) is 64.2. The second-order valence-electron chi connectivity index (χ2n) is 27.5. The molecule has 0 aromatic carbocycles. The molecule has 0 radical (unpaired) electrons. The number of anilines is 4. The van der Waals surface area contributed by atoms with Crippen LogP contribution in [0.4, 0.5) is 22.7 Å². The average Bonchev–Trinajstić information content (AvgIpc) is 1.65. The normalized spacial score (nSPS) is 12.5. The average molecular weight is 1890 g/mol. The van der Waals surface area contributed by atoms with Crippen LogP contribution in [0.25, 0.3) is 87.8 Å². The molecule has 16 aromatic heterocycles. The van der Waals surface area contributed by atoms with Crippen LogP contribution in [0.1, 0.15) is 99.9 Å². The van der Waals surface area contributed by atoms with Crippen molar-refractivity contribution >= 4 is 112 Å². The largest absolute Gasteiger partial charge is 0.483 e. The van der Waals surface area contributed by atoms with Crippen molar-refractivity contribution < 1.29 is 76.8 Å². The summed E-state index contributed by atoms with van der Waals surface area (Å²) in [5.41, 5.74) is 13.5. The Morgan fingerprint density at radius 1 is 0.477 bits per heavy atom. The van der Waals surface area contributed by atoms with Gasteiger partial charge in [0, 0.05) is 132 Å². The molecule has 1 aliphatic rings. The number of phosphoric ester groups is 1. The minimum atomic E-state index is -4.62. The summed E-state index contributed by atoms with van der Waals surface area (Å²) >= 11 is 5.42. The molecule has 16 aromatic rings. The Kier molecular flexibility index (Phi) is 35.4. The number of carboxylic acid groups (broad SMARTS) is 2. The van der Waals surface area contributed by atoms with Crippen LogP contribution in [0.3, 0.4) is 0 Å². The summed E-state index contributed by atoms with van der Waals surface area (Å²) in [6, 6.07) is 22.4. The number of aryl methyl sites for hydroxylation is 2. The lowest BCUT2D eigenvalue weighted by atomic mass is 9.89. The number of hydrogen-bond acceptors (Lipinski definition) is 32. The molecule has 1 aliphatic carbocycles. The number of pyridine rings is 4. The lowest BCUT2D eigenvalue weighted by Gasteiger charge is -2.34. The lowest BCUT2D eigenvalue weighted by Crippen LogP contribution is -2.33. The molecule has 4 amide bonds. The van der Waals surface area contributed by atoms with Gasteiger partial charge in [0.2, 0.25) is 0 Å². The van der Waals surface area contributed by atoms with Gasteiger partial charge in [-0.25, -0.2) is 29.2 Å². The third-order valence-corrected chi connectivity index (χ3v) is 22.5. The Labute approximate surface area is 767 Å². The van der Waals surface area contributed by atoms with Crippen molar-refractivity contribution in [2.75, 3.05) is 67.5 Å². The van der Waals surface area contributed by atoms with Gasteiger partial charge in [0.15, 0.2) is 6.73 Å². The van der Waals surface area contributed by atoms with E-state index in [1.807, 2.05) is 125 Å². The van der Waals surface area contributed by atoms with E-state index in [0.29, 0.717) is 162 Å². The van der Waals surface area contributed by atoms with Gasteiger partial charge in [-0.1, -0.05) is 24.3 Å². The van der Waals surface area contributed by atoms with E-state index in [1.54, 1.807) is 104 Å². The van der Waals surface area contributed by atoms with Gasteiger partial charge in [0.25, 0.3) is 36.6 Å². The fraction of sp³-hybridized carbons (Fsp3) is 0.253. The number of nitrogens with zero attached hydrogens (tertiary/aromatic N) is 21. The van der Waals surface area contributed by atoms with Gasteiger partial charge < -0.3 is 60.2 Å². The number of hydrogen-bond donors (Lipinski definition) is 11. The van der Waals surface area contributed by atoms with E-state index in [1.165, 1.54) is 62.4 Å². The van der Waals surface area contributed by atoms with Gasteiger partial charge >= 0.3 is 7.82 Å². The summed E-state index contributed by atoms with van der Waals surface area (Å²) in [7, 11) is -4.62. The maximum Gasteiger partial charge on any atom is 0.471 e. The molecule has 44 nitrogen and oxygen atoms in total.